The molecule has 0 radical (unpaired) electrons. The number of aliphatic imine (C=N–C) groups is 1. The first-order valence-electron chi connectivity index (χ1n) is 8.99. The third-order valence-electron chi connectivity index (χ3n) is 4.36. The van der Waals surface area contributed by atoms with Crippen LogP contribution in [0.5, 0.6) is 11.5 Å². The molecule has 0 saturated carbocycles. The average molecular weight is 502 g/mol. The number of aliphatic hydroxyl groups excluding tert-OH is 1. The molecule has 0 aliphatic rings. The van der Waals surface area contributed by atoms with Gasteiger partial charge in [-0.3, -0.25) is 4.99 Å². The van der Waals surface area contributed by atoms with Gasteiger partial charge in [0.05, 0.1) is 27.3 Å². The molecule has 2 rings (SSSR count). The molecule has 1 unspecified atom stereocenters. The average Bonchev–Trinajstić information content (AvgIpc) is 3.08. The molecule has 0 aliphatic heterocycles. The van der Waals surface area contributed by atoms with Crippen molar-refractivity contribution in [1.82, 2.24) is 14.8 Å². The van der Waals surface area contributed by atoms with E-state index in [0.717, 1.165) is 12.5 Å². The largest absolute Gasteiger partial charge is 0.497 e. The van der Waals surface area contributed by atoms with Gasteiger partial charge in [0.15, 0.2) is 5.96 Å². The van der Waals surface area contributed by atoms with E-state index in [9.17, 15) is 5.11 Å². The molecule has 1 atom stereocenters. The highest BCUT2D eigenvalue weighted by molar-refractivity contribution is 14.0. The first-order valence-corrected chi connectivity index (χ1v) is 8.99. The summed E-state index contributed by atoms with van der Waals surface area (Å²) in [6.07, 6.45) is 1.22. The van der Waals surface area contributed by atoms with Crippen molar-refractivity contribution < 1.29 is 14.6 Å². The zero-order valence-electron chi connectivity index (χ0n) is 17.2. The van der Waals surface area contributed by atoms with E-state index in [-0.39, 0.29) is 30.5 Å². The van der Waals surface area contributed by atoms with Crippen molar-refractivity contribution in [3.63, 3.8) is 0 Å². The fraction of sp³-hybridized carbons (Fsp3) is 0.450. The maximum atomic E-state index is 10.7. The molecule has 2 aromatic rings. The van der Waals surface area contributed by atoms with Crippen LogP contribution in [0.15, 0.2) is 41.5 Å². The lowest BCUT2D eigenvalue weighted by molar-refractivity contribution is 0.181. The van der Waals surface area contributed by atoms with Gasteiger partial charge < -0.3 is 29.4 Å². The second-order valence-electron chi connectivity index (χ2n) is 6.28. The highest BCUT2D eigenvalue weighted by atomic mass is 127. The number of aromatic nitrogens is 1. The maximum Gasteiger partial charge on any atom is 0.194 e. The van der Waals surface area contributed by atoms with Crippen molar-refractivity contribution in [2.75, 3.05) is 34.4 Å². The smallest absolute Gasteiger partial charge is 0.194 e. The quantitative estimate of drug-likeness (QED) is 0.330. The molecular weight excluding hydrogens is 471 g/mol. The summed E-state index contributed by atoms with van der Waals surface area (Å²) in [6, 6.07) is 9.46. The minimum Gasteiger partial charge on any atom is -0.497 e. The summed E-state index contributed by atoms with van der Waals surface area (Å²) in [6.45, 7) is 3.69. The first-order chi connectivity index (χ1) is 13.0. The fourth-order valence-electron chi connectivity index (χ4n) is 2.82. The van der Waals surface area contributed by atoms with Crippen LogP contribution in [0.2, 0.25) is 0 Å². The Balaban J connectivity index is 0.00000392. The van der Waals surface area contributed by atoms with Crippen molar-refractivity contribution >= 4 is 29.9 Å². The number of ether oxygens (including phenoxy) is 2. The predicted octanol–water partition coefficient (Wildman–Crippen LogP) is 2.79. The molecule has 0 fully saturated rings. The number of nitrogens with one attached hydrogen (secondary N) is 1. The Labute approximate surface area is 184 Å². The number of methoxy groups -OCH3 is 2. The normalized spacial score (nSPS) is 12.1. The van der Waals surface area contributed by atoms with Crippen LogP contribution in [0.25, 0.3) is 0 Å². The van der Waals surface area contributed by atoms with Gasteiger partial charge in [-0.1, -0.05) is 0 Å². The van der Waals surface area contributed by atoms with E-state index < -0.39 is 6.10 Å². The van der Waals surface area contributed by atoms with Gasteiger partial charge in [0.1, 0.15) is 17.6 Å². The van der Waals surface area contributed by atoms with Crippen LogP contribution in [-0.2, 0) is 13.6 Å². The number of rotatable bonds is 8. The predicted molar refractivity (Wildman–Crippen MR) is 123 cm³/mol. The number of halogens is 1. The van der Waals surface area contributed by atoms with Crippen LogP contribution in [-0.4, -0.2) is 54.9 Å². The number of aryl methyl sites for hydroxylation is 1. The monoisotopic (exact) mass is 502 g/mol. The number of benzene rings is 1. The molecule has 7 nitrogen and oxygen atoms in total. The van der Waals surface area contributed by atoms with Gasteiger partial charge in [-0.25, -0.2) is 0 Å². The van der Waals surface area contributed by atoms with E-state index in [1.165, 1.54) is 5.69 Å². The van der Waals surface area contributed by atoms with Gasteiger partial charge in [-0.15, -0.1) is 24.0 Å². The van der Waals surface area contributed by atoms with Crippen molar-refractivity contribution in [2.45, 2.75) is 19.6 Å². The summed E-state index contributed by atoms with van der Waals surface area (Å²) in [4.78, 5) is 6.64. The molecular formula is C20H31IN4O3. The van der Waals surface area contributed by atoms with Crippen LogP contribution >= 0.6 is 24.0 Å². The summed E-state index contributed by atoms with van der Waals surface area (Å²) in [7, 11) is 7.18. The standard InChI is InChI=1S/C20H30N4O3.HI/c1-6-21-20(24(3)14-15-8-7-11-23(15)2)22-13-18(25)17-12-16(26-4)9-10-19(17)27-5;/h7-12,18,25H,6,13-14H2,1-5H3,(H,21,22);1H. The molecule has 1 aromatic carbocycles. The van der Waals surface area contributed by atoms with Crippen molar-refractivity contribution in [3.05, 3.63) is 47.8 Å². The highest BCUT2D eigenvalue weighted by Gasteiger charge is 2.16. The lowest BCUT2D eigenvalue weighted by atomic mass is 10.1. The Bertz CT molecular complexity index is 764. The van der Waals surface area contributed by atoms with Crippen LogP contribution in [0.4, 0.5) is 0 Å². The van der Waals surface area contributed by atoms with Crippen LogP contribution in [0.3, 0.4) is 0 Å². The molecule has 28 heavy (non-hydrogen) atoms. The van der Waals surface area contributed by atoms with Crippen LogP contribution in [0, 0.1) is 0 Å². The molecule has 8 heteroatoms. The van der Waals surface area contributed by atoms with Gasteiger partial charge in [-0.2, -0.15) is 0 Å². The van der Waals surface area contributed by atoms with E-state index >= 15 is 0 Å². The van der Waals surface area contributed by atoms with Crippen molar-refractivity contribution in [2.24, 2.45) is 12.0 Å². The summed E-state index contributed by atoms with van der Waals surface area (Å²) < 4.78 is 12.7. The van der Waals surface area contributed by atoms with Gasteiger partial charge in [0.25, 0.3) is 0 Å². The molecule has 156 valence electrons. The van der Waals surface area contributed by atoms with E-state index in [4.69, 9.17) is 9.47 Å². The minimum absolute atomic E-state index is 0. The Hall–Kier alpha value is -1.94. The van der Waals surface area contributed by atoms with Crippen molar-refractivity contribution in [1.29, 1.82) is 0 Å². The zero-order chi connectivity index (χ0) is 19.8. The zero-order valence-corrected chi connectivity index (χ0v) is 19.5. The highest BCUT2D eigenvalue weighted by Crippen LogP contribution is 2.29. The lowest BCUT2D eigenvalue weighted by Crippen LogP contribution is -2.39. The van der Waals surface area contributed by atoms with Gasteiger partial charge in [0, 0.05) is 38.1 Å². The Morgan fingerprint density at radius 2 is 2.04 bits per heavy atom. The third kappa shape index (κ3) is 6.30. The number of aliphatic hydroxyl groups is 1. The van der Waals surface area contributed by atoms with Gasteiger partial charge in [0.2, 0.25) is 0 Å². The number of nitrogens with zero attached hydrogens (tertiary/aromatic N) is 3. The van der Waals surface area contributed by atoms with Crippen LogP contribution in [0.1, 0.15) is 24.3 Å². The molecule has 0 aliphatic carbocycles. The molecule has 0 saturated heterocycles. The van der Waals surface area contributed by atoms with Crippen LogP contribution < -0.4 is 14.8 Å². The third-order valence-corrected chi connectivity index (χ3v) is 4.36. The molecule has 0 amide bonds. The summed E-state index contributed by atoms with van der Waals surface area (Å²) in [5.41, 5.74) is 1.83. The molecule has 1 heterocycles. The van der Waals surface area contributed by atoms with Gasteiger partial charge >= 0.3 is 0 Å². The Morgan fingerprint density at radius 1 is 1.29 bits per heavy atom. The second kappa shape index (κ2) is 11.8. The fourth-order valence-corrected chi connectivity index (χ4v) is 2.82. The molecule has 1 aromatic heterocycles. The van der Waals surface area contributed by atoms with E-state index in [1.807, 2.05) is 38.2 Å². The summed E-state index contributed by atoms with van der Waals surface area (Å²) in [5.74, 6) is 2.02. The number of hydrogen-bond acceptors (Lipinski definition) is 4. The maximum absolute atomic E-state index is 10.7. The first kappa shape index (κ1) is 24.1. The Morgan fingerprint density at radius 3 is 2.61 bits per heavy atom. The number of hydrogen-bond donors (Lipinski definition) is 2. The summed E-state index contributed by atoms with van der Waals surface area (Å²) >= 11 is 0. The van der Waals surface area contributed by atoms with Crippen molar-refractivity contribution in [3.8, 4) is 11.5 Å². The lowest BCUT2D eigenvalue weighted by Gasteiger charge is -2.23. The van der Waals surface area contributed by atoms with E-state index in [2.05, 4.69) is 20.9 Å². The topological polar surface area (TPSA) is 71.2 Å². The van der Waals surface area contributed by atoms with E-state index in [0.29, 0.717) is 23.6 Å². The number of guanidine groups is 1. The Kier molecular flexibility index (Phi) is 10.2. The van der Waals surface area contributed by atoms with Gasteiger partial charge in [-0.05, 0) is 37.3 Å². The summed E-state index contributed by atoms with van der Waals surface area (Å²) in [5, 5.41) is 13.9. The molecule has 2 N–H and O–H groups in total. The van der Waals surface area contributed by atoms with E-state index in [1.54, 1.807) is 32.4 Å². The SMILES string of the molecule is CCNC(=NCC(O)c1cc(OC)ccc1OC)N(C)Cc1cccn1C.I. The molecule has 0 spiro atoms. The second-order valence-corrected chi connectivity index (χ2v) is 6.28. The minimum atomic E-state index is -0.799. The molecule has 0 bridgehead atoms.